The fraction of sp³-hybridized carbons (Fsp3) is 0.400. The number of rotatable bonds is 4. The van der Waals surface area contributed by atoms with Crippen LogP contribution in [0.25, 0.3) is 0 Å². The van der Waals surface area contributed by atoms with Crippen LogP contribution < -0.4 is 4.74 Å². The van der Waals surface area contributed by atoms with Crippen molar-refractivity contribution < 1.29 is 9.53 Å². The lowest BCUT2D eigenvalue weighted by molar-refractivity contribution is 0.0611. The van der Waals surface area contributed by atoms with Crippen molar-refractivity contribution in [2.24, 2.45) is 0 Å². The number of pyridine rings is 1. The fourth-order valence-electron chi connectivity index (χ4n) is 3.17. The maximum atomic E-state index is 12.9. The van der Waals surface area contributed by atoms with E-state index in [2.05, 4.69) is 4.98 Å². The highest BCUT2D eigenvalue weighted by atomic mass is 16.5. The van der Waals surface area contributed by atoms with Crippen molar-refractivity contribution in [2.75, 3.05) is 6.54 Å². The molecule has 4 heteroatoms. The Morgan fingerprint density at radius 2 is 1.96 bits per heavy atom. The van der Waals surface area contributed by atoms with Crippen LogP contribution in [0.5, 0.6) is 5.88 Å². The van der Waals surface area contributed by atoms with E-state index in [1.54, 1.807) is 0 Å². The minimum atomic E-state index is 0.0899. The van der Waals surface area contributed by atoms with Gasteiger partial charge in [0, 0.05) is 24.4 Å². The molecule has 3 rings (SSSR count). The van der Waals surface area contributed by atoms with Crippen molar-refractivity contribution in [2.45, 2.75) is 45.3 Å². The molecule has 126 valence electrons. The van der Waals surface area contributed by atoms with Crippen LogP contribution >= 0.6 is 0 Å². The monoisotopic (exact) mass is 324 g/mol. The molecule has 24 heavy (non-hydrogen) atoms. The SMILES string of the molecule is CC(C)Oc1ccc([C@H]2CCCCN2C(=O)c2ccccc2)cn1. The van der Waals surface area contributed by atoms with Gasteiger partial charge in [-0.1, -0.05) is 24.3 Å². The molecule has 4 nitrogen and oxygen atoms in total. The molecule has 0 saturated carbocycles. The Kier molecular flexibility index (Phi) is 5.14. The Balaban J connectivity index is 1.80. The number of likely N-dealkylation sites (tertiary alicyclic amines) is 1. The van der Waals surface area contributed by atoms with Crippen molar-refractivity contribution in [1.82, 2.24) is 9.88 Å². The number of nitrogens with zero attached hydrogens (tertiary/aromatic N) is 2. The molecule has 1 fully saturated rings. The van der Waals surface area contributed by atoms with Crippen molar-refractivity contribution in [3.8, 4) is 5.88 Å². The molecule has 0 aliphatic carbocycles. The number of hydrogen-bond acceptors (Lipinski definition) is 3. The number of carbonyl (C=O) groups excluding carboxylic acids is 1. The van der Waals surface area contributed by atoms with Crippen LogP contribution in [0, 0.1) is 0 Å². The second-order valence-corrected chi connectivity index (χ2v) is 6.47. The normalized spacial score (nSPS) is 17.8. The Hall–Kier alpha value is -2.36. The summed E-state index contributed by atoms with van der Waals surface area (Å²) >= 11 is 0. The third-order valence-electron chi connectivity index (χ3n) is 4.28. The summed E-state index contributed by atoms with van der Waals surface area (Å²) in [6.45, 7) is 4.76. The number of ether oxygens (including phenoxy) is 1. The minimum Gasteiger partial charge on any atom is -0.475 e. The summed E-state index contributed by atoms with van der Waals surface area (Å²) in [6, 6.07) is 13.5. The summed E-state index contributed by atoms with van der Waals surface area (Å²) in [7, 11) is 0. The van der Waals surface area contributed by atoms with Crippen molar-refractivity contribution in [3.63, 3.8) is 0 Å². The molecule has 1 aliphatic rings. The highest BCUT2D eigenvalue weighted by Gasteiger charge is 2.28. The van der Waals surface area contributed by atoms with Gasteiger partial charge in [0.2, 0.25) is 5.88 Å². The van der Waals surface area contributed by atoms with Gasteiger partial charge in [-0.3, -0.25) is 4.79 Å². The first-order valence-corrected chi connectivity index (χ1v) is 8.64. The van der Waals surface area contributed by atoms with Gasteiger partial charge in [-0.25, -0.2) is 4.98 Å². The lowest BCUT2D eigenvalue weighted by atomic mass is 9.95. The van der Waals surface area contributed by atoms with Crippen molar-refractivity contribution in [1.29, 1.82) is 0 Å². The molecule has 0 spiro atoms. The Bertz CT molecular complexity index is 668. The molecule has 0 bridgehead atoms. The van der Waals surface area contributed by atoms with Gasteiger partial charge in [-0.2, -0.15) is 0 Å². The molecule has 2 heterocycles. The van der Waals surface area contributed by atoms with E-state index in [0.717, 1.165) is 36.9 Å². The van der Waals surface area contributed by atoms with E-state index in [1.807, 2.05) is 67.4 Å². The standard InChI is InChI=1S/C20H24N2O2/c1-15(2)24-19-12-11-17(14-21-19)18-10-6-7-13-22(18)20(23)16-8-4-3-5-9-16/h3-5,8-9,11-12,14-15,18H,6-7,10,13H2,1-2H3/t18-/m1/s1. The minimum absolute atomic E-state index is 0.0899. The molecule has 1 aromatic heterocycles. The van der Waals surface area contributed by atoms with Crippen molar-refractivity contribution in [3.05, 3.63) is 59.8 Å². The topological polar surface area (TPSA) is 42.4 Å². The maximum Gasteiger partial charge on any atom is 0.254 e. The average molecular weight is 324 g/mol. The van der Waals surface area contributed by atoms with E-state index in [1.165, 1.54) is 0 Å². The van der Waals surface area contributed by atoms with E-state index in [-0.39, 0.29) is 18.1 Å². The quantitative estimate of drug-likeness (QED) is 0.845. The summed E-state index contributed by atoms with van der Waals surface area (Å²) in [5.74, 6) is 0.730. The molecule has 1 saturated heterocycles. The predicted molar refractivity (Wildman–Crippen MR) is 94.1 cm³/mol. The molecule has 0 N–H and O–H groups in total. The second-order valence-electron chi connectivity index (χ2n) is 6.47. The fourth-order valence-corrected chi connectivity index (χ4v) is 3.17. The highest BCUT2D eigenvalue weighted by Crippen LogP contribution is 2.32. The molecule has 2 aromatic rings. The average Bonchev–Trinajstić information content (AvgIpc) is 2.62. The molecule has 0 radical (unpaired) electrons. The zero-order valence-corrected chi connectivity index (χ0v) is 14.3. The number of piperidine rings is 1. The third-order valence-corrected chi connectivity index (χ3v) is 4.28. The van der Waals surface area contributed by atoms with Gasteiger partial charge < -0.3 is 9.64 Å². The number of hydrogen-bond donors (Lipinski definition) is 0. The van der Waals surface area contributed by atoms with Crippen LogP contribution in [-0.2, 0) is 0 Å². The molecular formula is C20H24N2O2. The first-order chi connectivity index (χ1) is 11.6. The van der Waals surface area contributed by atoms with Gasteiger partial charge in [0.05, 0.1) is 12.1 Å². The lowest BCUT2D eigenvalue weighted by Gasteiger charge is -2.36. The smallest absolute Gasteiger partial charge is 0.254 e. The Morgan fingerprint density at radius 3 is 2.62 bits per heavy atom. The summed E-state index contributed by atoms with van der Waals surface area (Å²) < 4.78 is 5.61. The third kappa shape index (κ3) is 3.75. The number of benzene rings is 1. The van der Waals surface area contributed by atoms with Crippen molar-refractivity contribution >= 4 is 5.91 Å². The zero-order chi connectivity index (χ0) is 16.9. The number of aromatic nitrogens is 1. The van der Waals surface area contributed by atoms with Crippen LogP contribution in [0.3, 0.4) is 0 Å². The van der Waals surface area contributed by atoms with E-state index in [9.17, 15) is 4.79 Å². The van der Waals surface area contributed by atoms with Crippen LogP contribution in [0.1, 0.15) is 55.1 Å². The van der Waals surface area contributed by atoms with Gasteiger partial charge in [-0.15, -0.1) is 0 Å². The molecule has 1 amide bonds. The van der Waals surface area contributed by atoms with Crippen LogP contribution in [0.15, 0.2) is 48.7 Å². The Labute approximate surface area is 143 Å². The van der Waals surface area contributed by atoms with Crippen LogP contribution in [0.4, 0.5) is 0 Å². The van der Waals surface area contributed by atoms with E-state index in [0.29, 0.717) is 5.88 Å². The van der Waals surface area contributed by atoms with Crippen LogP contribution in [-0.4, -0.2) is 28.4 Å². The van der Waals surface area contributed by atoms with Crippen LogP contribution in [0.2, 0.25) is 0 Å². The number of amides is 1. The van der Waals surface area contributed by atoms with Gasteiger partial charge >= 0.3 is 0 Å². The van der Waals surface area contributed by atoms with E-state index < -0.39 is 0 Å². The zero-order valence-electron chi connectivity index (χ0n) is 14.3. The van der Waals surface area contributed by atoms with Gasteiger partial charge in [-0.05, 0) is 50.8 Å². The molecule has 1 aliphatic heterocycles. The summed E-state index contributed by atoms with van der Waals surface area (Å²) in [4.78, 5) is 19.3. The Morgan fingerprint density at radius 1 is 1.17 bits per heavy atom. The summed E-state index contributed by atoms with van der Waals surface area (Å²) in [6.07, 6.45) is 5.11. The van der Waals surface area contributed by atoms with E-state index in [4.69, 9.17) is 4.74 Å². The largest absolute Gasteiger partial charge is 0.475 e. The summed E-state index contributed by atoms with van der Waals surface area (Å²) in [5, 5.41) is 0. The second kappa shape index (κ2) is 7.47. The van der Waals surface area contributed by atoms with Gasteiger partial charge in [0.15, 0.2) is 0 Å². The predicted octanol–water partition coefficient (Wildman–Crippen LogP) is 4.24. The first-order valence-electron chi connectivity index (χ1n) is 8.64. The molecule has 1 atom stereocenters. The molecular weight excluding hydrogens is 300 g/mol. The molecule has 1 aromatic carbocycles. The summed E-state index contributed by atoms with van der Waals surface area (Å²) in [5.41, 5.74) is 1.83. The van der Waals surface area contributed by atoms with Gasteiger partial charge in [0.1, 0.15) is 0 Å². The number of carbonyl (C=O) groups is 1. The van der Waals surface area contributed by atoms with Gasteiger partial charge in [0.25, 0.3) is 5.91 Å². The lowest BCUT2D eigenvalue weighted by Crippen LogP contribution is -2.38. The first kappa shape index (κ1) is 16.5. The maximum absolute atomic E-state index is 12.9. The highest BCUT2D eigenvalue weighted by molar-refractivity contribution is 5.94. The van der Waals surface area contributed by atoms with E-state index >= 15 is 0 Å². The molecule has 0 unspecified atom stereocenters.